The molecule has 45 heavy (non-hydrogen) atoms. The van der Waals surface area contributed by atoms with Crippen molar-refractivity contribution in [2.75, 3.05) is 33.7 Å². The molecule has 2 aromatic carbocycles. The predicted molar refractivity (Wildman–Crippen MR) is 177 cm³/mol. The number of unbranched alkanes of at least 4 members (excludes halogenated alkanes) is 1. The molecule has 0 aromatic heterocycles. The van der Waals surface area contributed by atoms with Gasteiger partial charge in [0.2, 0.25) is 11.8 Å². The first-order valence-corrected chi connectivity index (χ1v) is 16.3. The third-order valence-electron chi connectivity index (χ3n) is 9.67. The van der Waals surface area contributed by atoms with E-state index in [1.807, 2.05) is 17.0 Å². The number of ether oxygens (including phenoxy) is 1. The summed E-state index contributed by atoms with van der Waals surface area (Å²) in [6, 6.07) is 14.5. The van der Waals surface area contributed by atoms with Crippen LogP contribution in [0.1, 0.15) is 87.1 Å². The highest BCUT2D eigenvalue weighted by atomic mass is 35.5. The van der Waals surface area contributed by atoms with Gasteiger partial charge >= 0.3 is 0 Å². The van der Waals surface area contributed by atoms with E-state index in [0.29, 0.717) is 63.1 Å². The number of aliphatic hydroxyl groups is 1. The van der Waals surface area contributed by atoms with Gasteiger partial charge in [-0.05, 0) is 74.1 Å². The lowest BCUT2D eigenvalue weighted by molar-refractivity contribution is -0.163. The van der Waals surface area contributed by atoms with E-state index in [2.05, 4.69) is 29.3 Å². The fourth-order valence-electron chi connectivity index (χ4n) is 7.01. The van der Waals surface area contributed by atoms with Gasteiger partial charge in [-0.15, -0.1) is 12.4 Å². The fraction of sp³-hybridized carbons (Fsp3) is 0.571. The van der Waals surface area contributed by atoms with Crippen molar-refractivity contribution in [2.45, 2.75) is 94.9 Å². The molecule has 5 rings (SSSR count). The maximum absolute atomic E-state index is 13.8. The number of nitrogens with zero attached hydrogens (tertiary/aromatic N) is 3. The Labute approximate surface area is 273 Å². The van der Waals surface area contributed by atoms with E-state index in [1.165, 1.54) is 0 Å². The third-order valence-corrected chi connectivity index (χ3v) is 9.67. The molecular weight excluding hydrogens is 592 g/mol. The van der Waals surface area contributed by atoms with E-state index in [9.17, 15) is 19.5 Å². The molecule has 2 heterocycles. The van der Waals surface area contributed by atoms with Crippen LogP contribution in [-0.2, 0) is 16.1 Å². The van der Waals surface area contributed by atoms with Gasteiger partial charge in [-0.25, -0.2) is 0 Å². The number of halogens is 1. The first-order valence-electron chi connectivity index (χ1n) is 16.3. The van der Waals surface area contributed by atoms with Crippen LogP contribution >= 0.6 is 12.4 Å². The van der Waals surface area contributed by atoms with Crippen molar-refractivity contribution in [3.63, 3.8) is 0 Å². The second-order valence-corrected chi connectivity index (χ2v) is 13.1. The minimum Gasteiger partial charge on any atom is -0.457 e. The number of rotatable bonds is 10. The van der Waals surface area contributed by atoms with Gasteiger partial charge in [0.25, 0.3) is 5.91 Å². The average Bonchev–Trinajstić information content (AvgIpc) is 3.02. The maximum atomic E-state index is 13.8. The topological polar surface area (TPSA) is 102 Å². The van der Waals surface area contributed by atoms with Crippen molar-refractivity contribution >= 4 is 30.1 Å². The number of amides is 3. The van der Waals surface area contributed by atoms with Gasteiger partial charge in [-0.3, -0.25) is 19.3 Å². The lowest BCUT2D eigenvalue weighted by Gasteiger charge is -2.52. The standard InChI is InChI=1S/C35H48N4O5.ClH/c1-4-5-21-39-32(41)30(24-34(43)17-7-6-8-18-34)36-33(42)35(39)19-22-38(23-20-35)25-26-9-13-28(14-10-26)44-29-15-11-27(12-16-29)31(40)37(2)3;/h9-16,30,43H,4-8,17-25H2,1-3H3,(H,36,42);1H/t30-;/m1./s1. The molecule has 3 amide bonds. The number of carbonyl (C=O) groups is 3. The van der Waals surface area contributed by atoms with Crippen molar-refractivity contribution in [1.82, 2.24) is 20.0 Å². The molecule has 1 spiro atoms. The Morgan fingerprint density at radius 2 is 1.56 bits per heavy atom. The van der Waals surface area contributed by atoms with E-state index in [0.717, 1.165) is 50.0 Å². The Balaban J connectivity index is 0.00000461. The van der Waals surface area contributed by atoms with Crippen LogP contribution in [0.2, 0.25) is 0 Å². The minimum absolute atomic E-state index is 0. The van der Waals surface area contributed by atoms with Crippen LogP contribution in [0, 0.1) is 0 Å². The molecule has 3 aliphatic rings. The Kier molecular flexibility index (Phi) is 11.6. The van der Waals surface area contributed by atoms with Crippen LogP contribution in [0.5, 0.6) is 11.5 Å². The van der Waals surface area contributed by atoms with Crippen LogP contribution < -0.4 is 10.1 Å². The number of benzene rings is 2. The highest BCUT2D eigenvalue weighted by molar-refractivity contribution is 6.00. The summed E-state index contributed by atoms with van der Waals surface area (Å²) < 4.78 is 5.99. The quantitative estimate of drug-likeness (QED) is 0.373. The van der Waals surface area contributed by atoms with E-state index < -0.39 is 17.2 Å². The van der Waals surface area contributed by atoms with Crippen LogP contribution in [-0.4, -0.2) is 88.4 Å². The summed E-state index contributed by atoms with van der Waals surface area (Å²) in [5, 5.41) is 14.2. The SMILES string of the molecule is CCCCN1C(=O)[C@@H](CC2(O)CCCCC2)NC(=O)C12CCN(Cc1ccc(Oc3ccc(C(=O)N(C)C)cc3)cc1)CC2.Cl. The summed E-state index contributed by atoms with van der Waals surface area (Å²) in [5.41, 5.74) is 0.0717. The van der Waals surface area contributed by atoms with Crippen molar-refractivity contribution in [3.8, 4) is 11.5 Å². The molecule has 2 aromatic rings. The fourth-order valence-corrected chi connectivity index (χ4v) is 7.01. The third kappa shape index (κ3) is 7.99. The molecule has 0 bridgehead atoms. The number of piperazine rings is 1. The Bertz CT molecular complexity index is 1300. The smallest absolute Gasteiger partial charge is 0.253 e. The molecule has 2 aliphatic heterocycles. The zero-order chi connectivity index (χ0) is 31.3. The van der Waals surface area contributed by atoms with Gasteiger partial charge in [0.15, 0.2) is 0 Å². The largest absolute Gasteiger partial charge is 0.457 e. The minimum atomic E-state index is -0.867. The monoisotopic (exact) mass is 640 g/mol. The summed E-state index contributed by atoms with van der Waals surface area (Å²) in [6.45, 7) is 4.86. The van der Waals surface area contributed by atoms with Gasteiger partial charge < -0.3 is 25.0 Å². The molecule has 1 saturated carbocycles. The molecule has 1 atom stereocenters. The summed E-state index contributed by atoms with van der Waals surface area (Å²) in [7, 11) is 3.46. The molecule has 3 fully saturated rings. The van der Waals surface area contributed by atoms with E-state index in [4.69, 9.17) is 4.74 Å². The highest BCUT2D eigenvalue weighted by Gasteiger charge is 2.54. The Morgan fingerprint density at radius 3 is 2.13 bits per heavy atom. The number of piperidine rings is 1. The number of hydrogen-bond acceptors (Lipinski definition) is 6. The predicted octanol–water partition coefficient (Wildman–Crippen LogP) is 5.15. The van der Waals surface area contributed by atoms with E-state index in [-0.39, 0.29) is 30.1 Å². The average molecular weight is 641 g/mol. The number of carbonyl (C=O) groups excluding carboxylic acids is 3. The van der Waals surface area contributed by atoms with Gasteiger partial charge in [0.05, 0.1) is 5.60 Å². The lowest BCUT2D eigenvalue weighted by atomic mass is 9.77. The molecule has 1 aliphatic carbocycles. The van der Waals surface area contributed by atoms with Crippen LogP contribution in [0.25, 0.3) is 0 Å². The molecule has 0 unspecified atom stereocenters. The van der Waals surface area contributed by atoms with Crippen molar-refractivity contribution in [2.24, 2.45) is 0 Å². The molecule has 2 N–H and O–H groups in total. The van der Waals surface area contributed by atoms with Gasteiger partial charge in [0.1, 0.15) is 23.1 Å². The van der Waals surface area contributed by atoms with Crippen LogP contribution in [0.15, 0.2) is 48.5 Å². The van der Waals surface area contributed by atoms with Gasteiger partial charge in [-0.2, -0.15) is 0 Å². The Morgan fingerprint density at radius 1 is 0.956 bits per heavy atom. The normalized spacial score (nSPS) is 21.2. The zero-order valence-corrected chi connectivity index (χ0v) is 27.7. The molecule has 2 saturated heterocycles. The second-order valence-electron chi connectivity index (χ2n) is 13.1. The van der Waals surface area contributed by atoms with Gasteiger partial charge in [0, 0.05) is 52.3 Å². The van der Waals surface area contributed by atoms with Crippen molar-refractivity contribution < 1.29 is 24.2 Å². The van der Waals surface area contributed by atoms with Crippen LogP contribution in [0.3, 0.4) is 0 Å². The number of likely N-dealkylation sites (tertiary alicyclic amines) is 1. The highest BCUT2D eigenvalue weighted by Crippen LogP contribution is 2.38. The van der Waals surface area contributed by atoms with Gasteiger partial charge in [-0.1, -0.05) is 44.7 Å². The summed E-state index contributed by atoms with van der Waals surface area (Å²) in [4.78, 5) is 45.5. The molecule has 10 heteroatoms. The van der Waals surface area contributed by atoms with Crippen LogP contribution in [0.4, 0.5) is 0 Å². The van der Waals surface area contributed by atoms with E-state index >= 15 is 0 Å². The van der Waals surface area contributed by atoms with Crippen molar-refractivity contribution in [1.29, 1.82) is 0 Å². The first-order chi connectivity index (χ1) is 21.1. The molecule has 0 radical (unpaired) electrons. The zero-order valence-electron chi connectivity index (χ0n) is 26.9. The second kappa shape index (κ2) is 15.0. The van der Waals surface area contributed by atoms with Crippen molar-refractivity contribution in [3.05, 3.63) is 59.7 Å². The lowest BCUT2D eigenvalue weighted by Crippen LogP contribution is -2.73. The number of hydrogen-bond donors (Lipinski definition) is 2. The Hall–Kier alpha value is -3.14. The molecular formula is C35H49ClN4O5. The molecule has 9 nitrogen and oxygen atoms in total. The first kappa shape index (κ1) is 34.7. The maximum Gasteiger partial charge on any atom is 0.253 e. The summed E-state index contributed by atoms with van der Waals surface area (Å²) in [5.74, 6) is 1.25. The molecule has 246 valence electrons. The summed E-state index contributed by atoms with van der Waals surface area (Å²) in [6.07, 6.45) is 7.74. The summed E-state index contributed by atoms with van der Waals surface area (Å²) >= 11 is 0. The van der Waals surface area contributed by atoms with E-state index in [1.54, 1.807) is 43.3 Å². The number of nitrogens with one attached hydrogen (secondary N) is 1.